The normalized spacial score (nSPS) is 13.0. The zero-order valence-electron chi connectivity index (χ0n) is 7.66. The fourth-order valence-corrected chi connectivity index (χ4v) is 2.10. The van der Waals surface area contributed by atoms with Crippen LogP contribution in [0, 0.1) is 13.8 Å². The van der Waals surface area contributed by atoms with E-state index in [1.54, 1.807) is 6.92 Å². The first kappa shape index (κ1) is 9.62. The third kappa shape index (κ3) is 2.88. The van der Waals surface area contributed by atoms with E-state index in [1.807, 2.05) is 0 Å². The van der Waals surface area contributed by atoms with Gasteiger partial charge in [0, 0.05) is 4.90 Å². The zero-order valence-corrected chi connectivity index (χ0v) is 8.48. The van der Waals surface area contributed by atoms with Crippen LogP contribution in [0.25, 0.3) is 0 Å². The van der Waals surface area contributed by atoms with Crippen LogP contribution in [0.3, 0.4) is 0 Å². The Morgan fingerprint density at radius 3 is 2.08 bits per heavy atom. The van der Waals surface area contributed by atoms with Crippen LogP contribution in [-0.4, -0.2) is 10.5 Å². The van der Waals surface area contributed by atoms with Gasteiger partial charge in [0.2, 0.25) is 0 Å². The molecule has 0 unspecified atom stereocenters. The van der Waals surface area contributed by atoms with E-state index in [2.05, 4.69) is 32.0 Å². The zero-order chi connectivity index (χ0) is 9.14. The number of rotatable bonds is 2. The second-order valence-corrected chi connectivity index (χ2v) is 4.43. The van der Waals surface area contributed by atoms with Crippen molar-refractivity contribution in [1.82, 2.24) is 0 Å². The summed E-state index contributed by atoms with van der Waals surface area (Å²) in [6, 6.07) is 6.31. The summed E-state index contributed by atoms with van der Waals surface area (Å²) in [4.78, 5) is 1.14. The van der Waals surface area contributed by atoms with Gasteiger partial charge >= 0.3 is 0 Å². The highest BCUT2D eigenvalue weighted by Crippen LogP contribution is 2.23. The van der Waals surface area contributed by atoms with Gasteiger partial charge in [-0.25, -0.2) is 0 Å². The van der Waals surface area contributed by atoms with E-state index in [-0.39, 0.29) is 5.44 Å². The summed E-state index contributed by atoms with van der Waals surface area (Å²) in [7, 11) is 0. The van der Waals surface area contributed by atoms with Crippen molar-refractivity contribution in [1.29, 1.82) is 0 Å². The molecule has 0 radical (unpaired) electrons. The molecule has 0 aliphatic heterocycles. The number of benzene rings is 1. The Morgan fingerprint density at radius 1 is 1.17 bits per heavy atom. The summed E-state index contributed by atoms with van der Waals surface area (Å²) in [6.45, 7) is 5.92. The van der Waals surface area contributed by atoms with Crippen molar-refractivity contribution in [2.24, 2.45) is 0 Å². The van der Waals surface area contributed by atoms with Crippen molar-refractivity contribution in [2.45, 2.75) is 31.1 Å². The summed E-state index contributed by atoms with van der Waals surface area (Å²) in [5, 5.41) is 9.15. The molecule has 1 rings (SSSR count). The van der Waals surface area contributed by atoms with E-state index in [1.165, 1.54) is 22.9 Å². The van der Waals surface area contributed by atoms with E-state index in [9.17, 15) is 0 Å². The maximum Gasteiger partial charge on any atom is 0.101 e. The fraction of sp³-hybridized carbons (Fsp3) is 0.400. The Labute approximate surface area is 77.8 Å². The molecule has 0 heterocycles. The van der Waals surface area contributed by atoms with Crippen LogP contribution in [0.5, 0.6) is 0 Å². The van der Waals surface area contributed by atoms with Crippen LogP contribution in [0.4, 0.5) is 0 Å². The molecule has 1 aromatic carbocycles. The van der Waals surface area contributed by atoms with Crippen molar-refractivity contribution >= 4 is 11.8 Å². The van der Waals surface area contributed by atoms with Gasteiger partial charge in [-0.15, -0.1) is 0 Å². The Hall–Kier alpha value is -0.470. The SMILES string of the molecule is Cc1cc(C)cc(S[C@@H](C)O)c1. The van der Waals surface area contributed by atoms with Gasteiger partial charge in [0.25, 0.3) is 0 Å². The van der Waals surface area contributed by atoms with Crippen molar-refractivity contribution in [3.63, 3.8) is 0 Å². The highest BCUT2D eigenvalue weighted by molar-refractivity contribution is 7.99. The summed E-state index contributed by atoms with van der Waals surface area (Å²) >= 11 is 1.48. The predicted molar refractivity (Wildman–Crippen MR) is 53.5 cm³/mol. The van der Waals surface area contributed by atoms with Gasteiger partial charge in [-0.1, -0.05) is 17.8 Å². The molecule has 0 saturated heterocycles. The second-order valence-electron chi connectivity index (χ2n) is 3.04. The van der Waals surface area contributed by atoms with Crippen LogP contribution in [0.2, 0.25) is 0 Å². The highest BCUT2D eigenvalue weighted by atomic mass is 32.2. The molecule has 66 valence electrons. The molecular weight excluding hydrogens is 168 g/mol. The van der Waals surface area contributed by atoms with Crippen LogP contribution < -0.4 is 0 Å². The van der Waals surface area contributed by atoms with Gasteiger partial charge in [0.05, 0.1) is 0 Å². The molecule has 1 atom stereocenters. The van der Waals surface area contributed by atoms with Gasteiger partial charge in [0.15, 0.2) is 0 Å². The van der Waals surface area contributed by atoms with Crippen LogP contribution >= 0.6 is 11.8 Å². The third-order valence-electron chi connectivity index (χ3n) is 1.50. The minimum atomic E-state index is -0.328. The molecule has 0 aliphatic carbocycles. The second kappa shape index (κ2) is 3.97. The lowest BCUT2D eigenvalue weighted by molar-refractivity contribution is 0.284. The van der Waals surface area contributed by atoms with Gasteiger partial charge < -0.3 is 5.11 Å². The largest absolute Gasteiger partial charge is 0.382 e. The smallest absolute Gasteiger partial charge is 0.101 e. The Kier molecular flexibility index (Phi) is 3.18. The monoisotopic (exact) mass is 182 g/mol. The summed E-state index contributed by atoms with van der Waals surface area (Å²) in [5.41, 5.74) is 2.17. The standard InChI is InChI=1S/C10H14OS/c1-7-4-8(2)6-10(5-7)12-9(3)11/h4-6,9,11H,1-3H3/t9-/m0/s1. The number of thioether (sulfide) groups is 1. The van der Waals surface area contributed by atoms with Crippen LogP contribution in [-0.2, 0) is 0 Å². The third-order valence-corrected chi connectivity index (χ3v) is 2.35. The van der Waals surface area contributed by atoms with Crippen LogP contribution in [0.15, 0.2) is 23.1 Å². The first-order valence-electron chi connectivity index (χ1n) is 4.01. The van der Waals surface area contributed by atoms with Crippen molar-refractivity contribution in [3.8, 4) is 0 Å². The lowest BCUT2D eigenvalue weighted by Gasteiger charge is -2.06. The average Bonchev–Trinajstić information content (AvgIpc) is 1.81. The number of aliphatic hydroxyl groups is 1. The van der Waals surface area contributed by atoms with Gasteiger partial charge in [0.1, 0.15) is 5.44 Å². The quantitative estimate of drug-likeness (QED) is 0.560. The molecule has 1 aromatic rings. The van der Waals surface area contributed by atoms with E-state index < -0.39 is 0 Å². The average molecular weight is 182 g/mol. The summed E-state index contributed by atoms with van der Waals surface area (Å²) < 4.78 is 0. The lowest BCUT2D eigenvalue weighted by atomic mass is 10.2. The highest BCUT2D eigenvalue weighted by Gasteiger charge is 2.00. The van der Waals surface area contributed by atoms with Gasteiger partial charge in [-0.2, -0.15) is 0 Å². The minimum Gasteiger partial charge on any atom is -0.382 e. The van der Waals surface area contributed by atoms with Crippen molar-refractivity contribution < 1.29 is 5.11 Å². The van der Waals surface area contributed by atoms with Gasteiger partial charge in [-0.05, 0) is 44.0 Å². The Bertz CT molecular complexity index is 248. The Balaban J connectivity index is 2.85. The molecule has 1 nitrogen and oxygen atoms in total. The molecule has 0 spiro atoms. The lowest BCUT2D eigenvalue weighted by Crippen LogP contribution is -1.91. The molecule has 0 amide bonds. The summed E-state index contributed by atoms with van der Waals surface area (Å²) in [5.74, 6) is 0. The number of hydrogen-bond donors (Lipinski definition) is 1. The first-order chi connectivity index (χ1) is 5.58. The number of hydrogen-bond acceptors (Lipinski definition) is 2. The molecule has 0 aromatic heterocycles. The minimum absolute atomic E-state index is 0.328. The molecule has 12 heavy (non-hydrogen) atoms. The maximum absolute atomic E-state index is 9.15. The molecule has 2 heteroatoms. The molecule has 0 bridgehead atoms. The van der Waals surface area contributed by atoms with Crippen molar-refractivity contribution in [3.05, 3.63) is 29.3 Å². The fourth-order valence-electron chi connectivity index (χ4n) is 1.20. The van der Waals surface area contributed by atoms with Gasteiger partial charge in [-0.3, -0.25) is 0 Å². The molecule has 0 saturated carbocycles. The number of aliphatic hydroxyl groups excluding tert-OH is 1. The Morgan fingerprint density at radius 2 is 1.67 bits per heavy atom. The van der Waals surface area contributed by atoms with E-state index in [0.717, 1.165) is 4.90 Å². The van der Waals surface area contributed by atoms with E-state index in [4.69, 9.17) is 5.11 Å². The molecule has 0 fully saturated rings. The predicted octanol–water partition coefficient (Wildman–Crippen LogP) is 2.73. The van der Waals surface area contributed by atoms with Crippen LogP contribution in [0.1, 0.15) is 18.1 Å². The van der Waals surface area contributed by atoms with Crippen molar-refractivity contribution in [2.75, 3.05) is 0 Å². The topological polar surface area (TPSA) is 20.2 Å². The first-order valence-corrected chi connectivity index (χ1v) is 4.89. The maximum atomic E-state index is 9.15. The van der Waals surface area contributed by atoms with E-state index in [0.29, 0.717) is 0 Å². The molecular formula is C10H14OS. The number of aryl methyl sites for hydroxylation is 2. The molecule has 0 aliphatic rings. The van der Waals surface area contributed by atoms with E-state index >= 15 is 0 Å². The summed E-state index contributed by atoms with van der Waals surface area (Å²) in [6.07, 6.45) is 0. The molecule has 1 N–H and O–H groups in total.